The zero-order chi connectivity index (χ0) is 14.7. The van der Waals surface area contributed by atoms with Gasteiger partial charge in [-0.1, -0.05) is 11.6 Å². The number of aryl methyl sites for hydroxylation is 1. The predicted molar refractivity (Wildman–Crippen MR) is 81.6 cm³/mol. The van der Waals surface area contributed by atoms with Crippen LogP contribution in [0.15, 0.2) is 29.6 Å². The lowest BCUT2D eigenvalue weighted by Crippen LogP contribution is -2.22. The standard InChI is InChI=1S/C14H13ClN2O2S/c1-8-7-20-14(17-11(18)6-16)12(8)13(19)9-2-4-10(15)5-3-9/h2-5,7H,6,16H2,1H3,(H,17,18). The second-order valence-corrected chi connectivity index (χ2v) is 5.53. The molecule has 1 heterocycles. The van der Waals surface area contributed by atoms with Crippen LogP contribution in [0.5, 0.6) is 0 Å². The summed E-state index contributed by atoms with van der Waals surface area (Å²) in [5, 5.41) is 5.57. The maximum atomic E-state index is 12.5. The molecule has 0 spiro atoms. The number of hydrogen-bond donors (Lipinski definition) is 2. The molecular formula is C14H13ClN2O2S. The molecule has 2 rings (SSSR count). The first-order valence-corrected chi connectivity index (χ1v) is 7.17. The van der Waals surface area contributed by atoms with E-state index in [2.05, 4.69) is 5.32 Å². The van der Waals surface area contributed by atoms with Gasteiger partial charge >= 0.3 is 0 Å². The summed E-state index contributed by atoms with van der Waals surface area (Å²) in [6, 6.07) is 6.65. The predicted octanol–water partition coefficient (Wildman–Crippen LogP) is 2.84. The lowest BCUT2D eigenvalue weighted by molar-refractivity contribution is -0.114. The van der Waals surface area contributed by atoms with Crippen molar-refractivity contribution in [1.82, 2.24) is 0 Å². The Bertz CT molecular complexity index is 650. The Kier molecular flexibility index (Phi) is 4.54. The molecule has 1 aromatic carbocycles. The van der Waals surface area contributed by atoms with Gasteiger partial charge in [0.1, 0.15) is 5.00 Å². The fourth-order valence-corrected chi connectivity index (χ4v) is 2.82. The highest BCUT2D eigenvalue weighted by Crippen LogP contribution is 2.30. The normalized spacial score (nSPS) is 10.3. The average Bonchev–Trinajstić information content (AvgIpc) is 2.79. The van der Waals surface area contributed by atoms with Gasteiger partial charge in [0, 0.05) is 10.6 Å². The van der Waals surface area contributed by atoms with E-state index in [4.69, 9.17) is 17.3 Å². The molecule has 20 heavy (non-hydrogen) atoms. The molecule has 0 aliphatic heterocycles. The van der Waals surface area contributed by atoms with Crippen molar-refractivity contribution in [2.75, 3.05) is 11.9 Å². The summed E-state index contributed by atoms with van der Waals surface area (Å²) in [6.45, 7) is 1.71. The quantitative estimate of drug-likeness (QED) is 0.853. The van der Waals surface area contributed by atoms with Gasteiger partial charge in [-0.05, 0) is 42.1 Å². The second kappa shape index (κ2) is 6.17. The van der Waals surface area contributed by atoms with Crippen LogP contribution in [-0.2, 0) is 4.79 Å². The van der Waals surface area contributed by atoms with Crippen molar-refractivity contribution in [3.63, 3.8) is 0 Å². The number of carbonyl (C=O) groups is 2. The lowest BCUT2D eigenvalue weighted by atomic mass is 10.0. The van der Waals surface area contributed by atoms with Crippen molar-refractivity contribution in [2.45, 2.75) is 6.92 Å². The molecule has 2 aromatic rings. The second-order valence-electron chi connectivity index (χ2n) is 4.21. The molecule has 3 N–H and O–H groups in total. The molecule has 0 fully saturated rings. The maximum Gasteiger partial charge on any atom is 0.238 e. The summed E-state index contributed by atoms with van der Waals surface area (Å²) < 4.78 is 0. The molecule has 0 radical (unpaired) electrons. The fourth-order valence-electron chi connectivity index (χ4n) is 1.74. The van der Waals surface area contributed by atoms with Gasteiger partial charge in [0.05, 0.1) is 12.1 Å². The zero-order valence-electron chi connectivity index (χ0n) is 10.8. The molecule has 104 valence electrons. The number of benzene rings is 1. The van der Waals surface area contributed by atoms with Crippen LogP contribution in [0.4, 0.5) is 5.00 Å². The van der Waals surface area contributed by atoms with Crippen molar-refractivity contribution in [3.8, 4) is 0 Å². The first-order valence-electron chi connectivity index (χ1n) is 5.91. The molecular weight excluding hydrogens is 296 g/mol. The number of nitrogens with two attached hydrogens (primary N) is 1. The van der Waals surface area contributed by atoms with Gasteiger partial charge in [0.15, 0.2) is 5.78 Å². The van der Waals surface area contributed by atoms with Gasteiger partial charge in [0.2, 0.25) is 5.91 Å². The van der Waals surface area contributed by atoms with Crippen molar-refractivity contribution in [2.24, 2.45) is 5.73 Å². The molecule has 6 heteroatoms. The zero-order valence-corrected chi connectivity index (χ0v) is 12.3. The van der Waals surface area contributed by atoms with E-state index in [1.807, 2.05) is 12.3 Å². The number of halogens is 1. The van der Waals surface area contributed by atoms with Crippen LogP contribution in [0, 0.1) is 6.92 Å². The first kappa shape index (κ1) is 14.7. The van der Waals surface area contributed by atoms with Gasteiger partial charge < -0.3 is 11.1 Å². The van der Waals surface area contributed by atoms with Crippen LogP contribution in [0.2, 0.25) is 5.02 Å². The smallest absolute Gasteiger partial charge is 0.238 e. The molecule has 1 amide bonds. The van der Waals surface area contributed by atoms with Crippen molar-refractivity contribution >= 4 is 39.6 Å². The SMILES string of the molecule is Cc1csc(NC(=O)CN)c1C(=O)c1ccc(Cl)cc1. The number of thiophene rings is 1. The summed E-state index contributed by atoms with van der Waals surface area (Å²) in [7, 11) is 0. The molecule has 0 saturated heterocycles. The van der Waals surface area contributed by atoms with E-state index in [1.54, 1.807) is 24.3 Å². The van der Waals surface area contributed by atoms with E-state index in [9.17, 15) is 9.59 Å². The van der Waals surface area contributed by atoms with Gasteiger partial charge in [-0.3, -0.25) is 9.59 Å². The highest BCUT2D eigenvalue weighted by atomic mass is 35.5. The number of carbonyl (C=O) groups excluding carboxylic acids is 2. The number of hydrogen-bond acceptors (Lipinski definition) is 4. The Morgan fingerprint density at radius 2 is 1.95 bits per heavy atom. The largest absolute Gasteiger partial charge is 0.322 e. The molecule has 1 aromatic heterocycles. The van der Waals surface area contributed by atoms with Crippen molar-refractivity contribution < 1.29 is 9.59 Å². The average molecular weight is 309 g/mol. The van der Waals surface area contributed by atoms with E-state index >= 15 is 0 Å². The minimum Gasteiger partial charge on any atom is -0.322 e. The monoisotopic (exact) mass is 308 g/mol. The van der Waals surface area contributed by atoms with Crippen LogP contribution in [0.3, 0.4) is 0 Å². The molecule has 0 bridgehead atoms. The van der Waals surface area contributed by atoms with Gasteiger partial charge in [-0.15, -0.1) is 11.3 Å². The van der Waals surface area contributed by atoms with Crippen molar-refractivity contribution in [1.29, 1.82) is 0 Å². The highest BCUT2D eigenvalue weighted by Gasteiger charge is 2.19. The third-order valence-electron chi connectivity index (χ3n) is 2.75. The Morgan fingerprint density at radius 3 is 2.55 bits per heavy atom. The Labute approximate surface area is 125 Å². The molecule has 0 unspecified atom stereocenters. The lowest BCUT2D eigenvalue weighted by Gasteiger charge is -2.06. The summed E-state index contributed by atoms with van der Waals surface area (Å²) in [6.07, 6.45) is 0. The first-order chi connectivity index (χ1) is 9.52. The summed E-state index contributed by atoms with van der Waals surface area (Å²) >= 11 is 7.12. The number of nitrogens with one attached hydrogen (secondary N) is 1. The summed E-state index contributed by atoms with van der Waals surface area (Å²) in [5.41, 5.74) is 7.12. The molecule has 0 saturated carbocycles. The van der Waals surface area contributed by atoms with Crippen LogP contribution in [0.1, 0.15) is 21.5 Å². The summed E-state index contributed by atoms with van der Waals surface area (Å²) in [5.74, 6) is -0.468. The molecule has 0 aliphatic carbocycles. The topological polar surface area (TPSA) is 72.2 Å². The fraction of sp³-hybridized carbons (Fsp3) is 0.143. The molecule has 4 nitrogen and oxygen atoms in total. The molecule has 0 atom stereocenters. The number of amides is 1. The number of anilines is 1. The van der Waals surface area contributed by atoms with Crippen molar-refractivity contribution in [3.05, 3.63) is 51.4 Å². The minimum atomic E-state index is -0.322. The maximum absolute atomic E-state index is 12.5. The minimum absolute atomic E-state index is 0.120. The van der Waals surface area contributed by atoms with Gasteiger partial charge in [-0.25, -0.2) is 0 Å². The highest BCUT2D eigenvalue weighted by molar-refractivity contribution is 7.15. The Balaban J connectivity index is 2.36. The van der Waals surface area contributed by atoms with Gasteiger partial charge in [-0.2, -0.15) is 0 Å². The number of ketones is 1. The number of rotatable bonds is 4. The van der Waals surface area contributed by atoms with E-state index in [-0.39, 0.29) is 18.2 Å². The van der Waals surface area contributed by atoms with Gasteiger partial charge in [0.25, 0.3) is 0 Å². The Hall–Kier alpha value is -1.69. The van der Waals surface area contributed by atoms with Crippen LogP contribution >= 0.6 is 22.9 Å². The third kappa shape index (κ3) is 3.07. The van der Waals surface area contributed by atoms with E-state index in [0.29, 0.717) is 21.2 Å². The van der Waals surface area contributed by atoms with Crippen LogP contribution in [-0.4, -0.2) is 18.2 Å². The van der Waals surface area contributed by atoms with E-state index < -0.39 is 0 Å². The molecule has 0 aliphatic rings. The van der Waals surface area contributed by atoms with E-state index in [1.165, 1.54) is 11.3 Å². The van der Waals surface area contributed by atoms with Crippen LogP contribution in [0.25, 0.3) is 0 Å². The van der Waals surface area contributed by atoms with E-state index in [0.717, 1.165) is 5.56 Å². The summed E-state index contributed by atoms with van der Waals surface area (Å²) in [4.78, 5) is 23.9. The Morgan fingerprint density at radius 1 is 1.30 bits per heavy atom. The third-order valence-corrected chi connectivity index (χ3v) is 4.01. The van der Waals surface area contributed by atoms with Crippen LogP contribution < -0.4 is 11.1 Å².